The smallest absolute Gasteiger partial charge is 0.163 e. The van der Waals surface area contributed by atoms with Crippen molar-refractivity contribution in [3.63, 3.8) is 0 Å². The fourth-order valence-corrected chi connectivity index (χ4v) is 4.42. The molecule has 0 saturated heterocycles. The van der Waals surface area contributed by atoms with E-state index in [1.54, 1.807) is 0 Å². The van der Waals surface area contributed by atoms with E-state index in [9.17, 15) is 4.79 Å². The van der Waals surface area contributed by atoms with Gasteiger partial charge in [-0.2, -0.15) is 0 Å². The minimum atomic E-state index is 0.244. The first kappa shape index (κ1) is 13.1. The molecule has 104 valence electrons. The second-order valence-corrected chi connectivity index (χ2v) is 6.64. The molecule has 1 atom stereocenters. The summed E-state index contributed by atoms with van der Waals surface area (Å²) in [5, 5.41) is 0. The maximum atomic E-state index is 12.4. The third kappa shape index (κ3) is 2.85. The third-order valence-corrected chi connectivity index (χ3v) is 5.41. The molecule has 0 aliphatic heterocycles. The summed E-state index contributed by atoms with van der Waals surface area (Å²) in [5.74, 6) is 1.98. The standard InChI is InChI=1S/C18H26O/c19-17-13-7-12-16(14-8-3-1-4-9-14)18(17)15-10-5-2-6-11-15/h7,12-15,18H,1-6,8-11H2. The van der Waals surface area contributed by atoms with Gasteiger partial charge in [-0.3, -0.25) is 4.79 Å². The Bertz CT molecular complexity index is 378. The fourth-order valence-electron chi connectivity index (χ4n) is 4.42. The molecule has 2 fully saturated rings. The van der Waals surface area contributed by atoms with Gasteiger partial charge in [0.15, 0.2) is 5.78 Å². The zero-order valence-corrected chi connectivity index (χ0v) is 11.9. The molecule has 3 rings (SSSR count). The van der Waals surface area contributed by atoms with Gasteiger partial charge in [-0.05, 0) is 43.6 Å². The molecule has 3 aliphatic carbocycles. The van der Waals surface area contributed by atoms with Crippen molar-refractivity contribution in [2.75, 3.05) is 0 Å². The zero-order chi connectivity index (χ0) is 13.1. The largest absolute Gasteiger partial charge is 0.294 e. The Morgan fingerprint density at radius 1 is 0.842 bits per heavy atom. The van der Waals surface area contributed by atoms with Crippen molar-refractivity contribution in [2.24, 2.45) is 17.8 Å². The number of hydrogen-bond acceptors (Lipinski definition) is 1. The van der Waals surface area contributed by atoms with Gasteiger partial charge in [0.25, 0.3) is 0 Å². The molecule has 1 unspecified atom stereocenters. The highest BCUT2D eigenvalue weighted by molar-refractivity contribution is 5.95. The second-order valence-electron chi connectivity index (χ2n) is 6.64. The van der Waals surface area contributed by atoms with Crippen LogP contribution in [0.4, 0.5) is 0 Å². The Labute approximate surface area is 117 Å². The molecule has 0 heterocycles. The van der Waals surface area contributed by atoms with Crippen LogP contribution < -0.4 is 0 Å². The van der Waals surface area contributed by atoms with E-state index in [1.165, 1.54) is 69.8 Å². The summed E-state index contributed by atoms with van der Waals surface area (Å²) in [6, 6.07) is 0. The van der Waals surface area contributed by atoms with Gasteiger partial charge in [0.1, 0.15) is 0 Å². The monoisotopic (exact) mass is 258 g/mol. The number of ketones is 1. The van der Waals surface area contributed by atoms with Crippen molar-refractivity contribution >= 4 is 5.78 Å². The number of rotatable bonds is 2. The van der Waals surface area contributed by atoms with E-state index in [1.807, 2.05) is 12.2 Å². The second kappa shape index (κ2) is 6.07. The summed E-state index contributed by atoms with van der Waals surface area (Å²) >= 11 is 0. The first-order valence-corrected chi connectivity index (χ1v) is 8.28. The van der Waals surface area contributed by atoms with Crippen LogP contribution in [-0.2, 0) is 4.79 Å². The van der Waals surface area contributed by atoms with Gasteiger partial charge >= 0.3 is 0 Å². The summed E-state index contributed by atoms with van der Waals surface area (Å²) < 4.78 is 0. The summed E-state index contributed by atoms with van der Waals surface area (Å²) in [7, 11) is 0. The van der Waals surface area contributed by atoms with Crippen LogP contribution in [0, 0.1) is 17.8 Å². The molecule has 3 aliphatic rings. The Hall–Kier alpha value is -0.850. The Morgan fingerprint density at radius 3 is 2.16 bits per heavy atom. The van der Waals surface area contributed by atoms with Crippen LogP contribution in [0.1, 0.15) is 64.2 Å². The molecule has 1 nitrogen and oxygen atoms in total. The van der Waals surface area contributed by atoms with Crippen LogP contribution in [0.25, 0.3) is 0 Å². The van der Waals surface area contributed by atoms with Gasteiger partial charge in [-0.25, -0.2) is 0 Å². The molecule has 0 aromatic carbocycles. The molecule has 0 N–H and O–H groups in total. The molecule has 0 bridgehead atoms. The van der Waals surface area contributed by atoms with Crippen LogP contribution in [0.5, 0.6) is 0 Å². The van der Waals surface area contributed by atoms with Gasteiger partial charge in [0.05, 0.1) is 0 Å². The number of carbonyl (C=O) groups excluding carboxylic acids is 1. The van der Waals surface area contributed by atoms with E-state index in [4.69, 9.17) is 0 Å². The third-order valence-electron chi connectivity index (χ3n) is 5.41. The molecule has 19 heavy (non-hydrogen) atoms. The van der Waals surface area contributed by atoms with Crippen LogP contribution in [0.2, 0.25) is 0 Å². The summed E-state index contributed by atoms with van der Waals surface area (Å²) in [6.45, 7) is 0. The van der Waals surface area contributed by atoms with Gasteiger partial charge < -0.3 is 0 Å². The quantitative estimate of drug-likeness (QED) is 0.693. The summed E-state index contributed by atoms with van der Waals surface area (Å²) in [4.78, 5) is 12.4. The minimum absolute atomic E-state index is 0.244. The molecule has 1 heteroatoms. The zero-order valence-electron chi connectivity index (χ0n) is 11.9. The highest BCUT2D eigenvalue weighted by Gasteiger charge is 2.35. The highest BCUT2D eigenvalue weighted by Crippen LogP contribution is 2.42. The fraction of sp³-hybridized carbons (Fsp3) is 0.722. The average Bonchev–Trinajstić information content (AvgIpc) is 2.49. The molecule has 0 radical (unpaired) electrons. The van der Waals surface area contributed by atoms with E-state index in [0.29, 0.717) is 17.6 Å². The number of hydrogen-bond donors (Lipinski definition) is 0. The normalized spacial score (nSPS) is 30.4. The van der Waals surface area contributed by atoms with Gasteiger partial charge in [-0.15, -0.1) is 0 Å². The van der Waals surface area contributed by atoms with Crippen molar-refractivity contribution < 1.29 is 4.79 Å². The van der Waals surface area contributed by atoms with Crippen LogP contribution in [0.3, 0.4) is 0 Å². The van der Waals surface area contributed by atoms with Gasteiger partial charge in [-0.1, -0.05) is 56.3 Å². The van der Waals surface area contributed by atoms with Crippen molar-refractivity contribution in [2.45, 2.75) is 64.2 Å². The van der Waals surface area contributed by atoms with Crippen LogP contribution >= 0.6 is 0 Å². The van der Waals surface area contributed by atoms with Crippen molar-refractivity contribution in [3.05, 3.63) is 23.8 Å². The maximum absolute atomic E-state index is 12.4. The molecule has 0 aromatic heterocycles. The Morgan fingerprint density at radius 2 is 1.47 bits per heavy atom. The predicted molar refractivity (Wildman–Crippen MR) is 78.9 cm³/mol. The molecular formula is C18H26O. The average molecular weight is 258 g/mol. The van der Waals surface area contributed by atoms with E-state index < -0.39 is 0 Å². The lowest BCUT2D eigenvalue weighted by atomic mass is 9.67. The highest BCUT2D eigenvalue weighted by atomic mass is 16.1. The van der Waals surface area contributed by atoms with E-state index in [-0.39, 0.29) is 5.92 Å². The topological polar surface area (TPSA) is 17.1 Å². The molecule has 0 amide bonds. The molecule has 0 spiro atoms. The molecular weight excluding hydrogens is 232 g/mol. The van der Waals surface area contributed by atoms with Crippen molar-refractivity contribution in [1.29, 1.82) is 0 Å². The lowest BCUT2D eigenvalue weighted by molar-refractivity contribution is -0.119. The summed E-state index contributed by atoms with van der Waals surface area (Å²) in [6.07, 6.45) is 19.4. The van der Waals surface area contributed by atoms with Crippen LogP contribution in [-0.4, -0.2) is 5.78 Å². The Balaban J connectivity index is 1.79. The first-order valence-electron chi connectivity index (χ1n) is 8.28. The van der Waals surface area contributed by atoms with Crippen molar-refractivity contribution in [1.82, 2.24) is 0 Å². The van der Waals surface area contributed by atoms with Gasteiger partial charge in [0.2, 0.25) is 0 Å². The first-order chi connectivity index (χ1) is 9.36. The number of allylic oxidation sites excluding steroid dienone is 4. The Kier molecular flexibility index (Phi) is 4.20. The lowest BCUT2D eigenvalue weighted by Gasteiger charge is -2.36. The SMILES string of the molecule is O=C1C=CC=C(C2CCCCC2)C1C1CCCCC1. The van der Waals surface area contributed by atoms with E-state index >= 15 is 0 Å². The van der Waals surface area contributed by atoms with E-state index in [2.05, 4.69) is 6.08 Å². The maximum Gasteiger partial charge on any atom is 0.163 e. The summed E-state index contributed by atoms with van der Waals surface area (Å²) in [5.41, 5.74) is 1.50. The van der Waals surface area contributed by atoms with Crippen LogP contribution in [0.15, 0.2) is 23.8 Å². The van der Waals surface area contributed by atoms with Gasteiger partial charge in [0, 0.05) is 5.92 Å². The molecule has 0 aromatic rings. The predicted octanol–water partition coefficient (Wildman–Crippen LogP) is 4.83. The van der Waals surface area contributed by atoms with E-state index in [0.717, 1.165) is 0 Å². The lowest BCUT2D eigenvalue weighted by Crippen LogP contribution is -2.31. The van der Waals surface area contributed by atoms with Crippen molar-refractivity contribution in [3.8, 4) is 0 Å². The number of carbonyl (C=O) groups is 1. The molecule has 2 saturated carbocycles. The minimum Gasteiger partial charge on any atom is -0.294 e.